The molecular formula is C31H37F2N9. The van der Waals surface area contributed by atoms with E-state index in [-0.39, 0.29) is 18.9 Å². The zero-order chi connectivity index (χ0) is 29.9. The first-order chi connectivity index (χ1) is 20.2. The molecule has 4 aromatic heterocycles. The number of pyridine rings is 2. The van der Waals surface area contributed by atoms with Gasteiger partial charge in [-0.2, -0.15) is 5.10 Å². The standard InChI is InChI=1S/C26H28N8.C5H9F2N/c1-5-20-15-29-34-9-8-21(14-24(20)34)18(2)23-17-28-26(30-19(23)3)31-22-6-7-25(27-16-22)33-12-10-32(4)11-13-33;1-8-4-2-5(6,7)3-4/h5-9,14-17H,1-2,10-13H2,3-4H3,(H,28,30,31);4,8H,2-3H2,1H3. The first-order valence-electron chi connectivity index (χ1n) is 14.0. The minimum atomic E-state index is -2.37. The van der Waals surface area contributed by atoms with E-state index in [1.165, 1.54) is 0 Å². The molecule has 2 N–H and O–H groups in total. The molecule has 0 amide bonds. The lowest BCUT2D eigenvalue weighted by Crippen LogP contribution is -2.46. The van der Waals surface area contributed by atoms with Crippen molar-refractivity contribution in [2.24, 2.45) is 0 Å². The Labute approximate surface area is 245 Å². The molecule has 0 bridgehead atoms. The van der Waals surface area contributed by atoms with Crippen LogP contribution in [0.25, 0.3) is 17.2 Å². The predicted molar refractivity (Wildman–Crippen MR) is 164 cm³/mol. The number of hydrogen-bond donors (Lipinski definition) is 2. The first kappa shape index (κ1) is 29.3. The van der Waals surface area contributed by atoms with Crippen LogP contribution in [0.2, 0.25) is 0 Å². The van der Waals surface area contributed by atoms with Gasteiger partial charge in [0.05, 0.1) is 29.3 Å². The van der Waals surface area contributed by atoms with Crippen molar-refractivity contribution in [2.75, 3.05) is 50.5 Å². The summed E-state index contributed by atoms with van der Waals surface area (Å²) in [6, 6.07) is 8.18. The van der Waals surface area contributed by atoms with Gasteiger partial charge in [-0.25, -0.2) is 28.2 Å². The predicted octanol–water partition coefficient (Wildman–Crippen LogP) is 5.03. The number of anilines is 3. The summed E-state index contributed by atoms with van der Waals surface area (Å²) in [5.74, 6) is -0.839. The Morgan fingerprint density at radius 2 is 1.83 bits per heavy atom. The van der Waals surface area contributed by atoms with Crippen molar-refractivity contribution in [2.45, 2.75) is 31.7 Å². The molecule has 4 aromatic rings. The van der Waals surface area contributed by atoms with Crippen LogP contribution in [0.4, 0.5) is 26.2 Å². The summed E-state index contributed by atoms with van der Waals surface area (Å²) < 4.78 is 25.7. The maximum Gasteiger partial charge on any atom is 0.251 e. The van der Waals surface area contributed by atoms with Gasteiger partial charge < -0.3 is 20.4 Å². The molecule has 11 heteroatoms. The summed E-state index contributed by atoms with van der Waals surface area (Å²) in [6.07, 6.45) is 9.21. The van der Waals surface area contributed by atoms with Crippen LogP contribution < -0.4 is 15.5 Å². The van der Waals surface area contributed by atoms with Gasteiger partial charge in [0.15, 0.2) is 0 Å². The van der Waals surface area contributed by atoms with Crippen molar-refractivity contribution in [1.82, 2.24) is 34.8 Å². The van der Waals surface area contributed by atoms with E-state index in [1.807, 2.05) is 48.2 Å². The zero-order valence-corrected chi connectivity index (χ0v) is 24.3. The highest BCUT2D eigenvalue weighted by Gasteiger charge is 2.44. The molecule has 1 saturated heterocycles. The minimum Gasteiger partial charge on any atom is -0.354 e. The summed E-state index contributed by atoms with van der Waals surface area (Å²) in [4.78, 5) is 18.5. The van der Waals surface area contributed by atoms with Gasteiger partial charge in [-0.05, 0) is 56.4 Å². The van der Waals surface area contributed by atoms with E-state index in [0.29, 0.717) is 5.95 Å². The molecule has 5 heterocycles. The van der Waals surface area contributed by atoms with E-state index in [4.69, 9.17) is 0 Å². The van der Waals surface area contributed by atoms with Gasteiger partial charge in [0.2, 0.25) is 5.95 Å². The van der Waals surface area contributed by atoms with Crippen molar-refractivity contribution in [1.29, 1.82) is 0 Å². The maximum absolute atomic E-state index is 11.9. The number of rotatable bonds is 7. The second kappa shape index (κ2) is 12.3. The average Bonchev–Trinajstić information content (AvgIpc) is 3.39. The number of likely N-dealkylation sites (N-methyl/N-ethyl adjacent to an activating group) is 1. The van der Waals surface area contributed by atoms with Crippen LogP contribution in [0, 0.1) is 6.92 Å². The quantitative estimate of drug-likeness (QED) is 0.319. The molecular weight excluding hydrogens is 536 g/mol. The number of nitrogens with one attached hydrogen (secondary N) is 2. The van der Waals surface area contributed by atoms with Gasteiger partial charge in [0, 0.05) is 68.6 Å². The molecule has 0 aromatic carbocycles. The fourth-order valence-corrected chi connectivity index (χ4v) is 5.00. The number of hydrogen-bond acceptors (Lipinski definition) is 8. The number of fused-ring (bicyclic) bond motifs is 1. The van der Waals surface area contributed by atoms with Crippen molar-refractivity contribution >= 4 is 34.6 Å². The SMILES string of the molecule is C=Cc1cnn2ccc(C(=C)c3cnc(Nc4ccc(N5CCN(C)CC5)nc4)nc3C)cc12.CNC1CC(F)(F)C1. The molecule has 1 aliphatic carbocycles. The molecule has 0 unspecified atom stereocenters. The Morgan fingerprint density at radius 1 is 1.07 bits per heavy atom. The van der Waals surface area contributed by atoms with Crippen molar-refractivity contribution < 1.29 is 8.78 Å². The van der Waals surface area contributed by atoms with E-state index in [9.17, 15) is 8.78 Å². The molecule has 0 atom stereocenters. The monoisotopic (exact) mass is 573 g/mol. The third-order valence-corrected chi connectivity index (χ3v) is 7.75. The van der Waals surface area contributed by atoms with Crippen LogP contribution in [0.3, 0.4) is 0 Å². The highest BCUT2D eigenvalue weighted by Crippen LogP contribution is 2.36. The van der Waals surface area contributed by atoms with E-state index in [0.717, 1.165) is 71.2 Å². The van der Waals surface area contributed by atoms with E-state index in [1.54, 1.807) is 19.3 Å². The van der Waals surface area contributed by atoms with Crippen LogP contribution in [0.1, 0.15) is 35.2 Å². The molecule has 6 rings (SSSR count). The normalized spacial score (nSPS) is 16.8. The highest BCUT2D eigenvalue weighted by atomic mass is 19.3. The van der Waals surface area contributed by atoms with E-state index in [2.05, 4.69) is 66.8 Å². The topological polar surface area (TPSA) is 86.5 Å². The van der Waals surface area contributed by atoms with Crippen LogP contribution >= 0.6 is 0 Å². The zero-order valence-electron chi connectivity index (χ0n) is 24.3. The number of nitrogens with zero attached hydrogens (tertiary/aromatic N) is 7. The maximum atomic E-state index is 11.9. The Kier molecular flexibility index (Phi) is 8.60. The lowest BCUT2D eigenvalue weighted by Gasteiger charge is -2.34. The third kappa shape index (κ3) is 6.63. The third-order valence-electron chi connectivity index (χ3n) is 7.75. The number of alkyl halides is 2. The molecule has 220 valence electrons. The second-order valence-corrected chi connectivity index (χ2v) is 10.8. The van der Waals surface area contributed by atoms with Crippen LogP contribution in [0.15, 0.2) is 62.2 Å². The van der Waals surface area contributed by atoms with Crippen molar-refractivity contribution in [3.63, 3.8) is 0 Å². The molecule has 2 aliphatic rings. The molecule has 42 heavy (non-hydrogen) atoms. The van der Waals surface area contributed by atoms with Gasteiger partial charge >= 0.3 is 0 Å². The van der Waals surface area contributed by atoms with Crippen LogP contribution in [-0.2, 0) is 0 Å². The van der Waals surface area contributed by atoms with Crippen molar-refractivity contribution in [3.8, 4) is 0 Å². The van der Waals surface area contributed by atoms with Crippen molar-refractivity contribution in [3.05, 3.63) is 84.6 Å². The first-order valence-corrected chi connectivity index (χ1v) is 14.0. The molecule has 1 saturated carbocycles. The van der Waals surface area contributed by atoms with Gasteiger partial charge in [0.1, 0.15) is 5.82 Å². The lowest BCUT2D eigenvalue weighted by atomic mass is 9.88. The molecule has 2 fully saturated rings. The summed E-state index contributed by atoms with van der Waals surface area (Å²) in [6.45, 7) is 14.2. The van der Waals surface area contributed by atoms with E-state index < -0.39 is 5.92 Å². The Balaban J connectivity index is 0.000000382. The molecule has 1 aliphatic heterocycles. The number of halogens is 2. The fourth-order valence-electron chi connectivity index (χ4n) is 5.00. The van der Waals surface area contributed by atoms with Gasteiger partial charge in [-0.15, -0.1) is 0 Å². The smallest absolute Gasteiger partial charge is 0.251 e. The summed E-state index contributed by atoms with van der Waals surface area (Å²) >= 11 is 0. The molecule has 0 radical (unpaired) electrons. The number of piperazine rings is 1. The molecule has 0 spiro atoms. The summed E-state index contributed by atoms with van der Waals surface area (Å²) in [5.41, 5.74) is 6.42. The second-order valence-electron chi connectivity index (χ2n) is 10.8. The lowest BCUT2D eigenvalue weighted by molar-refractivity contribution is -0.0910. The summed E-state index contributed by atoms with van der Waals surface area (Å²) in [7, 11) is 3.86. The fraction of sp³-hybridized carbons (Fsp3) is 0.355. The average molecular weight is 574 g/mol. The largest absolute Gasteiger partial charge is 0.354 e. The van der Waals surface area contributed by atoms with Gasteiger partial charge in [-0.3, -0.25) is 0 Å². The minimum absolute atomic E-state index is 0.0174. The Bertz CT molecular complexity index is 1550. The number of aryl methyl sites for hydroxylation is 1. The highest BCUT2D eigenvalue weighted by molar-refractivity contribution is 5.82. The Morgan fingerprint density at radius 3 is 2.43 bits per heavy atom. The van der Waals surface area contributed by atoms with Gasteiger partial charge in [0.25, 0.3) is 5.92 Å². The Hall–Kier alpha value is -4.22. The summed E-state index contributed by atoms with van der Waals surface area (Å²) in [5, 5.41) is 10.4. The number of aromatic nitrogens is 5. The van der Waals surface area contributed by atoms with Crippen LogP contribution in [-0.4, -0.2) is 81.7 Å². The van der Waals surface area contributed by atoms with Crippen LogP contribution in [0.5, 0.6) is 0 Å². The van der Waals surface area contributed by atoms with Gasteiger partial charge in [-0.1, -0.05) is 19.2 Å². The molecule has 9 nitrogen and oxygen atoms in total. The van der Waals surface area contributed by atoms with E-state index >= 15 is 0 Å².